The molecule has 7 heteroatoms. The van der Waals surface area contributed by atoms with Gasteiger partial charge in [-0.05, 0) is 31.2 Å². The summed E-state index contributed by atoms with van der Waals surface area (Å²) >= 11 is 0. The quantitative estimate of drug-likeness (QED) is 0.886. The van der Waals surface area contributed by atoms with Gasteiger partial charge in [-0.2, -0.15) is 0 Å². The molecule has 21 heavy (non-hydrogen) atoms. The number of morpholine rings is 1. The normalized spacial score (nSPS) is 15.0. The van der Waals surface area contributed by atoms with E-state index in [1.165, 1.54) is 0 Å². The highest BCUT2D eigenvalue weighted by Gasteiger charge is 2.13. The number of carbonyl (C=O) groups excluding carboxylic acids is 1. The number of amides is 1. The molecule has 110 valence electrons. The molecule has 1 aromatic heterocycles. The zero-order chi connectivity index (χ0) is 14.7. The number of hydrogen-bond donors (Lipinski definition) is 2. The molecule has 0 unspecified atom stereocenters. The lowest BCUT2D eigenvalue weighted by molar-refractivity contribution is 0.101. The number of ether oxygens (including phenoxy) is 1. The van der Waals surface area contributed by atoms with Crippen LogP contribution in [0.4, 0.5) is 11.4 Å². The summed E-state index contributed by atoms with van der Waals surface area (Å²) < 4.78 is 5.33. The standard InChI is InChI=1S/C14H17N5O2/c1-10-15-13(18-17-10)14(20)16-11-2-4-12(5-3-11)19-6-8-21-9-7-19/h2-5H,6-9H2,1H3,(H,16,20)(H,15,17,18). The third-order valence-electron chi connectivity index (χ3n) is 3.30. The van der Waals surface area contributed by atoms with Crippen LogP contribution >= 0.6 is 0 Å². The zero-order valence-corrected chi connectivity index (χ0v) is 11.8. The number of nitrogens with one attached hydrogen (secondary N) is 2. The summed E-state index contributed by atoms with van der Waals surface area (Å²) in [6, 6.07) is 7.73. The highest BCUT2D eigenvalue weighted by atomic mass is 16.5. The molecule has 1 amide bonds. The third kappa shape index (κ3) is 3.19. The minimum atomic E-state index is -0.321. The molecule has 2 N–H and O–H groups in total. The van der Waals surface area contributed by atoms with Gasteiger partial charge in [-0.3, -0.25) is 9.89 Å². The van der Waals surface area contributed by atoms with Crippen molar-refractivity contribution in [2.75, 3.05) is 36.5 Å². The number of anilines is 2. The van der Waals surface area contributed by atoms with Crippen LogP contribution in [0.25, 0.3) is 0 Å². The number of benzene rings is 1. The smallest absolute Gasteiger partial charge is 0.295 e. The number of H-pyrrole nitrogens is 1. The molecule has 1 saturated heterocycles. The molecule has 1 aliphatic rings. The Hall–Kier alpha value is -2.41. The lowest BCUT2D eigenvalue weighted by Gasteiger charge is -2.28. The first-order chi connectivity index (χ1) is 10.2. The van der Waals surface area contributed by atoms with E-state index in [1.807, 2.05) is 24.3 Å². The lowest BCUT2D eigenvalue weighted by atomic mass is 10.2. The SMILES string of the molecule is Cc1nc(C(=O)Nc2ccc(N3CCOCC3)cc2)n[nH]1. The van der Waals surface area contributed by atoms with Crippen LogP contribution in [-0.4, -0.2) is 47.4 Å². The number of aromatic amines is 1. The van der Waals surface area contributed by atoms with Crippen molar-refractivity contribution >= 4 is 17.3 Å². The van der Waals surface area contributed by atoms with Crippen molar-refractivity contribution < 1.29 is 9.53 Å². The Morgan fingerprint density at radius 3 is 2.62 bits per heavy atom. The van der Waals surface area contributed by atoms with Gasteiger partial charge in [-0.1, -0.05) is 0 Å². The van der Waals surface area contributed by atoms with Crippen molar-refractivity contribution in [3.63, 3.8) is 0 Å². The molecule has 0 spiro atoms. The Labute approximate surface area is 122 Å². The van der Waals surface area contributed by atoms with Gasteiger partial charge in [-0.25, -0.2) is 4.98 Å². The van der Waals surface area contributed by atoms with E-state index in [0.29, 0.717) is 5.82 Å². The second-order valence-electron chi connectivity index (χ2n) is 4.84. The van der Waals surface area contributed by atoms with Crippen molar-refractivity contribution in [1.29, 1.82) is 0 Å². The average Bonchev–Trinajstić information content (AvgIpc) is 2.96. The van der Waals surface area contributed by atoms with Crippen LogP contribution < -0.4 is 10.2 Å². The highest BCUT2D eigenvalue weighted by Crippen LogP contribution is 2.19. The molecular formula is C14H17N5O2. The van der Waals surface area contributed by atoms with Crippen LogP contribution in [0.5, 0.6) is 0 Å². The number of hydrogen-bond acceptors (Lipinski definition) is 5. The summed E-state index contributed by atoms with van der Waals surface area (Å²) in [6.07, 6.45) is 0. The Bertz CT molecular complexity index is 617. The van der Waals surface area contributed by atoms with Gasteiger partial charge in [0.15, 0.2) is 0 Å². The second-order valence-corrected chi connectivity index (χ2v) is 4.84. The molecule has 7 nitrogen and oxygen atoms in total. The fraction of sp³-hybridized carbons (Fsp3) is 0.357. The van der Waals surface area contributed by atoms with Crippen LogP contribution in [0.3, 0.4) is 0 Å². The summed E-state index contributed by atoms with van der Waals surface area (Å²) in [6.45, 7) is 5.04. The van der Waals surface area contributed by atoms with Gasteiger partial charge in [-0.15, -0.1) is 5.10 Å². The Morgan fingerprint density at radius 2 is 2.00 bits per heavy atom. The van der Waals surface area contributed by atoms with Gasteiger partial charge in [0, 0.05) is 24.5 Å². The number of aromatic nitrogens is 3. The Kier molecular flexibility index (Phi) is 3.83. The second kappa shape index (κ2) is 5.92. The van der Waals surface area contributed by atoms with E-state index in [4.69, 9.17) is 4.74 Å². The largest absolute Gasteiger partial charge is 0.378 e. The van der Waals surface area contributed by atoms with Crippen LogP contribution in [0.2, 0.25) is 0 Å². The predicted molar refractivity (Wildman–Crippen MR) is 78.5 cm³/mol. The van der Waals surface area contributed by atoms with Crippen molar-refractivity contribution in [2.45, 2.75) is 6.92 Å². The third-order valence-corrected chi connectivity index (χ3v) is 3.30. The summed E-state index contributed by atoms with van der Waals surface area (Å²) in [5.74, 6) is 0.436. The molecule has 0 atom stereocenters. The molecule has 0 radical (unpaired) electrons. The van der Waals surface area contributed by atoms with E-state index in [1.54, 1.807) is 6.92 Å². The zero-order valence-electron chi connectivity index (χ0n) is 11.8. The maximum Gasteiger partial charge on any atom is 0.295 e. The first-order valence-corrected chi connectivity index (χ1v) is 6.85. The predicted octanol–water partition coefficient (Wildman–Crippen LogP) is 1.20. The van der Waals surface area contributed by atoms with Crippen molar-refractivity contribution in [2.24, 2.45) is 0 Å². The average molecular weight is 287 g/mol. The summed E-state index contributed by atoms with van der Waals surface area (Å²) in [4.78, 5) is 18.2. The summed E-state index contributed by atoms with van der Waals surface area (Å²) in [5, 5.41) is 9.25. The Balaban J connectivity index is 1.65. The van der Waals surface area contributed by atoms with E-state index in [0.717, 1.165) is 37.7 Å². The van der Waals surface area contributed by atoms with Crippen LogP contribution in [0, 0.1) is 6.92 Å². The van der Waals surface area contributed by atoms with Gasteiger partial charge >= 0.3 is 0 Å². The molecule has 0 saturated carbocycles. The molecular weight excluding hydrogens is 270 g/mol. The fourth-order valence-corrected chi connectivity index (χ4v) is 2.21. The van der Waals surface area contributed by atoms with Gasteiger partial charge < -0.3 is 15.0 Å². The number of carbonyl (C=O) groups is 1. The van der Waals surface area contributed by atoms with E-state index in [9.17, 15) is 4.79 Å². The van der Waals surface area contributed by atoms with Gasteiger partial charge in [0.2, 0.25) is 5.82 Å². The summed E-state index contributed by atoms with van der Waals surface area (Å²) in [5.41, 5.74) is 1.85. The van der Waals surface area contributed by atoms with Crippen molar-refractivity contribution in [3.8, 4) is 0 Å². The number of rotatable bonds is 3. The number of nitrogens with zero attached hydrogens (tertiary/aromatic N) is 3. The Morgan fingerprint density at radius 1 is 1.29 bits per heavy atom. The molecule has 3 rings (SSSR count). The molecule has 2 aromatic rings. The molecule has 1 aromatic carbocycles. The van der Waals surface area contributed by atoms with Gasteiger partial charge in [0.1, 0.15) is 5.82 Å². The lowest BCUT2D eigenvalue weighted by Crippen LogP contribution is -2.36. The highest BCUT2D eigenvalue weighted by molar-refractivity contribution is 6.01. The first-order valence-electron chi connectivity index (χ1n) is 6.85. The number of aryl methyl sites for hydroxylation is 1. The van der Waals surface area contributed by atoms with Gasteiger partial charge in [0.25, 0.3) is 5.91 Å². The fourth-order valence-electron chi connectivity index (χ4n) is 2.21. The maximum absolute atomic E-state index is 11.9. The van der Waals surface area contributed by atoms with Crippen LogP contribution in [-0.2, 0) is 4.74 Å². The molecule has 1 aliphatic heterocycles. The molecule has 0 bridgehead atoms. The van der Waals surface area contributed by atoms with E-state index in [-0.39, 0.29) is 11.7 Å². The summed E-state index contributed by atoms with van der Waals surface area (Å²) in [7, 11) is 0. The molecule has 0 aliphatic carbocycles. The monoisotopic (exact) mass is 287 g/mol. The van der Waals surface area contributed by atoms with E-state index >= 15 is 0 Å². The van der Waals surface area contributed by atoms with Gasteiger partial charge in [0.05, 0.1) is 13.2 Å². The molecule has 1 fully saturated rings. The van der Waals surface area contributed by atoms with E-state index in [2.05, 4.69) is 25.4 Å². The first kappa shape index (κ1) is 13.6. The van der Waals surface area contributed by atoms with Crippen molar-refractivity contribution in [3.05, 3.63) is 35.9 Å². The molecule has 2 heterocycles. The minimum absolute atomic E-state index is 0.143. The van der Waals surface area contributed by atoms with Crippen LogP contribution in [0.15, 0.2) is 24.3 Å². The maximum atomic E-state index is 11.9. The van der Waals surface area contributed by atoms with E-state index < -0.39 is 0 Å². The van der Waals surface area contributed by atoms with Crippen LogP contribution in [0.1, 0.15) is 16.4 Å². The van der Waals surface area contributed by atoms with Crippen molar-refractivity contribution in [1.82, 2.24) is 15.2 Å². The topological polar surface area (TPSA) is 83.1 Å². The minimum Gasteiger partial charge on any atom is -0.378 e.